The lowest BCUT2D eigenvalue weighted by Gasteiger charge is -2.23. The van der Waals surface area contributed by atoms with Gasteiger partial charge in [0.15, 0.2) is 0 Å². The highest BCUT2D eigenvalue weighted by Gasteiger charge is 2.20. The molecule has 4 aromatic rings. The molecule has 0 amide bonds. The van der Waals surface area contributed by atoms with Crippen LogP contribution in [0.1, 0.15) is 17.2 Å². The molecular formula is C27H24O4. The lowest BCUT2D eigenvalue weighted by Crippen LogP contribution is -2.10. The molecule has 1 N–H and O–H groups in total. The van der Waals surface area contributed by atoms with Crippen LogP contribution in [0.5, 0.6) is 23.0 Å². The van der Waals surface area contributed by atoms with Crippen molar-refractivity contribution in [2.45, 2.75) is 6.10 Å². The Hall–Kier alpha value is -3.92. The van der Waals surface area contributed by atoms with Gasteiger partial charge in [0.05, 0.1) is 14.2 Å². The minimum atomic E-state index is -0.397. The zero-order chi connectivity index (χ0) is 21.6. The van der Waals surface area contributed by atoms with Crippen molar-refractivity contribution in [1.82, 2.24) is 0 Å². The van der Waals surface area contributed by atoms with E-state index in [-0.39, 0.29) is 5.75 Å². The number of benzene rings is 4. The number of rotatable bonds is 7. The number of aromatic hydroxyl groups is 1. The van der Waals surface area contributed by atoms with E-state index in [0.29, 0.717) is 0 Å². The zero-order valence-corrected chi connectivity index (χ0v) is 17.5. The Morgan fingerprint density at radius 2 is 1.26 bits per heavy atom. The summed E-state index contributed by atoms with van der Waals surface area (Å²) in [6.07, 6.45) is -0.397. The van der Waals surface area contributed by atoms with Crippen molar-refractivity contribution in [1.29, 1.82) is 0 Å². The minimum absolute atomic E-state index is 0.211. The summed E-state index contributed by atoms with van der Waals surface area (Å²) in [5.41, 5.74) is 3.75. The van der Waals surface area contributed by atoms with Crippen molar-refractivity contribution in [3.8, 4) is 34.1 Å². The SMILES string of the molecule is COc1cccc(C(Oc2ccccc2-c2ccccc2OC)c2ccc(O)cc2)c1. The van der Waals surface area contributed by atoms with Gasteiger partial charge in [-0.1, -0.05) is 60.7 Å². The molecule has 0 spiro atoms. The molecule has 0 saturated carbocycles. The minimum Gasteiger partial charge on any atom is -0.508 e. The summed E-state index contributed by atoms with van der Waals surface area (Å²) in [4.78, 5) is 0. The van der Waals surface area contributed by atoms with Gasteiger partial charge in [-0.05, 0) is 42.0 Å². The predicted octanol–water partition coefficient (Wildman–Crippen LogP) is 6.24. The van der Waals surface area contributed by atoms with Crippen molar-refractivity contribution in [3.63, 3.8) is 0 Å². The second kappa shape index (κ2) is 9.26. The van der Waals surface area contributed by atoms with E-state index >= 15 is 0 Å². The highest BCUT2D eigenvalue weighted by Crippen LogP contribution is 2.39. The van der Waals surface area contributed by atoms with Crippen LogP contribution in [0.25, 0.3) is 11.1 Å². The van der Waals surface area contributed by atoms with Crippen LogP contribution < -0.4 is 14.2 Å². The summed E-state index contributed by atoms with van der Waals surface area (Å²) in [5.74, 6) is 2.47. The normalized spacial score (nSPS) is 11.5. The highest BCUT2D eigenvalue weighted by molar-refractivity contribution is 5.75. The van der Waals surface area contributed by atoms with Crippen LogP contribution in [0, 0.1) is 0 Å². The Kier molecular flexibility index (Phi) is 6.08. The molecule has 0 heterocycles. The highest BCUT2D eigenvalue weighted by atomic mass is 16.5. The maximum Gasteiger partial charge on any atom is 0.149 e. The number of ether oxygens (including phenoxy) is 3. The first-order valence-electron chi connectivity index (χ1n) is 10.0. The Labute approximate surface area is 182 Å². The van der Waals surface area contributed by atoms with Gasteiger partial charge in [-0.15, -0.1) is 0 Å². The first-order valence-corrected chi connectivity index (χ1v) is 10.0. The quantitative estimate of drug-likeness (QED) is 0.390. The van der Waals surface area contributed by atoms with E-state index in [9.17, 15) is 5.11 Å². The van der Waals surface area contributed by atoms with Gasteiger partial charge in [-0.25, -0.2) is 0 Å². The molecule has 31 heavy (non-hydrogen) atoms. The maximum absolute atomic E-state index is 9.76. The van der Waals surface area contributed by atoms with Gasteiger partial charge in [0.25, 0.3) is 0 Å². The Morgan fingerprint density at radius 1 is 0.613 bits per heavy atom. The van der Waals surface area contributed by atoms with Crippen LogP contribution in [-0.2, 0) is 0 Å². The summed E-state index contributed by atoms with van der Waals surface area (Å²) in [6, 6.07) is 30.7. The topological polar surface area (TPSA) is 47.9 Å². The van der Waals surface area contributed by atoms with Crippen molar-refractivity contribution in [2.24, 2.45) is 0 Å². The van der Waals surface area contributed by atoms with Gasteiger partial charge in [-0.2, -0.15) is 0 Å². The smallest absolute Gasteiger partial charge is 0.149 e. The van der Waals surface area contributed by atoms with Crippen LogP contribution in [-0.4, -0.2) is 19.3 Å². The lowest BCUT2D eigenvalue weighted by atomic mass is 9.99. The number of phenolic OH excluding ortho intramolecular Hbond substituents is 1. The van der Waals surface area contributed by atoms with Crippen LogP contribution >= 0.6 is 0 Å². The van der Waals surface area contributed by atoms with Crippen molar-refractivity contribution in [3.05, 3.63) is 108 Å². The first kappa shape index (κ1) is 20.4. The van der Waals surface area contributed by atoms with Crippen LogP contribution in [0.2, 0.25) is 0 Å². The van der Waals surface area contributed by atoms with Gasteiger partial charge in [0.2, 0.25) is 0 Å². The average molecular weight is 412 g/mol. The summed E-state index contributed by atoms with van der Waals surface area (Å²) in [5, 5.41) is 9.76. The van der Waals surface area contributed by atoms with E-state index in [4.69, 9.17) is 14.2 Å². The summed E-state index contributed by atoms with van der Waals surface area (Å²) < 4.78 is 17.6. The third-order valence-electron chi connectivity index (χ3n) is 5.12. The Balaban J connectivity index is 1.80. The lowest BCUT2D eigenvalue weighted by molar-refractivity contribution is 0.247. The predicted molar refractivity (Wildman–Crippen MR) is 122 cm³/mol. The molecule has 4 aromatic carbocycles. The molecule has 0 aliphatic carbocycles. The molecule has 0 aliphatic heterocycles. The molecule has 0 saturated heterocycles. The van der Waals surface area contributed by atoms with Gasteiger partial charge in [-0.3, -0.25) is 0 Å². The van der Waals surface area contributed by atoms with Crippen LogP contribution in [0.3, 0.4) is 0 Å². The van der Waals surface area contributed by atoms with E-state index in [2.05, 4.69) is 0 Å². The molecule has 4 heteroatoms. The summed E-state index contributed by atoms with van der Waals surface area (Å²) in [6.45, 7) is 0. The number of para-hydroxylation sites is 2. The molecule has 1 unspecified atom stereocenters. The van der Waals surface area contributed by atoms with E-state index in [0.717, 1.165) is 39.5 Å². The molecule has 1 atom stereocenters. The van der Waals surface area contributed by atoms with Gasteiger partial charge < -0.3 is 19.3 Å². The van der Waals surface area contributed by atoms with E-state index in [1.165, 1.54) is 0 Å². The van der Waals surface area contributed by atoms with Crippen molar-refractivity contribution >= 4 is 0 Å². The van der Waals surface area contributed by atoms with E-state index < -0.39 is 6.10 Å². The molecule has 0 radical (unpaired) electrons. The third kappa shape index (κ3) is 4.48. The third-order valence-corrected chi connectivity index (χ3v) is 5.12. The number of methoxy groups -OCH3 is 2. The molecule has 4 rings (SSSR count). The monoisotopic (exact) mass is 412 g/mol. The first-order chi connectivity index (χ1) is 15.2. The standard InChI is InChI=1S/C27H24O4/c1-29-22-9-7-8-20(18-22)27(19-14-16-21(28)17-15-19)31-26-13-6-4-11-24(26)23-10-3-5-12-25(23)30-2/h3-18,27-28H,1-2H3. The summed E-state index contributed by atoms with van der Waals surface area (Å²) in [7, 11) is 3.31. The summed E-state index contributed by atoms with van der Waals surface area (Å²) >= 11 is 0. The molecule has 0 bridgehead atoms. The van der Waals surface area contributed by atoms with Crippen LogP contribution in [0.15, 0.2) is 97.1 Å². The largest absolute Gasteiger partial charge is 0.508 e. The van der Waals surface area contributed by atoms with Crippen molar-refractivity contribution in [2.75, 3.05) is 14.2 Å². The van der Waals surface area contributed by atoms with E-state index in [1.807, 2.05) is 84.9 Å². The fraction of sp³-hybridized carbons (Fsp3) is 0.111. The zero-order valence-electron chi connectivity index (χ0n) is 17.5. The molecule has 156 valence electrons. The Bertz CT molecular complexity index is 1150. The second-order valence-electron chi connectivity index (χ2n) is 7.06. The number of hydrogen-bond donors (Lipinski definition) is 1. The van der Waals surface area contributed by atoms with Gasteiger partial charge in [0, 0.05) is 16.7 Å². The fourth-order valence-electron chi connectivity index (χ4n) is 3.57. The Morgan fingerprint density at radius 3 is 1.94 bits per heavy atom. The van der Waals surface area contributed by atoms with Gasteiger partial charge in [0.1, 0.15) is 29.1 Å². The molecule has 4 nitrogen and oxygen atoms in total. The molecular weight excluding hydrogens is 388 g/mol. The second-order valence-corrected chi connectivity index (χ2v) is 7.06. The average Bonchev–Trinajstić information content (AvgIpc) is 2.83. The molecule has 0 fully saturated rings. The fourth-order valence-corrected chi connectivity index (χ4v) is 3.57. The van der Waals surface area contributed by atoms with E-state index in [1.54, 1.807) is 26.4 Å². The van der Waals surface area contributed by atoms with Gasteiger partial charge >= 0.3 is 0 Å². The maximum atomic E-state index is 9.76. The van der Waals surface area contributed by atoms with Crippen LogP contribution in [0.4, 0.5) is 0 Å². The number of hydrogen-bond acceptors (Lipinski definition) is 4. The van der Waals surface area contributed by atoms with Crippen molar-refractivity contribution < 1.29 is 19.3 Å². The molecule has 0 aliphatic rings. The molecule has 0 aromatic heterocycles. The number of phenols is 1.